The molecule has 1 amide bonds. The van der Waals surface area contributed by atoms with Crippen molar-refractivity contribution in [3.05, 3.63) is 0 Å². The maximum Gasteiger partial charge on any atom is 0.222 e. The van der Waals surface area contributed by atoms with Crippen molar-refractivity contribution >= 4 is 5.91 Å². The van der Waals surface area contributed by atoms with Crippen LogP contribution >= 0.6 is 0 Å². The Labute approximate surface area is 81.3 Å². The molecule has 0 bridgehead atoms. The topological polar surface area (TPSA) is 46.3 Å². The molecule has 0 saturated carbocycles. The highest BCUT2D eigenvalue weighted by molar-refractivity contribution is 5.76. The lowest BCUT2D eigenvalue weighted by Gasteiger charge is -2.26. The highest BCUT2D eigenvalue weighted by Gasteiger charge is 2.14. The van der Waals surface area contributed by atoms with E-state index >= 15 is 0 Å². The molecule has 13 heavy (non-hydrogen) atoms. The Morgan fingerprint density at radius 3 is 2.46 bits per heavy atom. The lowest BCUT2D eigenvalue weighted by atomic mass is 10.2. The van der Waals surface area contributed by atoms with Gasteiger partial charge in [0.25, 0.3) is 0 Å². The first kappa shape index (κ1) is 12.4. The van der Waals surface area contributed by atoms with Crippen molar-refractivity contribution in [2.75, 3.05) is 13.1 Å². The van der Waals surface area contributed by atoms with Crippen LogP contribution in [0, 0.1) is 0 Å². The van der Waals surface area contributed by atoms with Gasteiger partial charge in [-0.15, -0.1) is 0 Å². The van der Waals surface area contributed by atoms with E-state index in [-0.39, 0.29) is 5.91 Å². The second kappa shape index (κ2) is 6.89. The van der Waals surface area contributed by atoms with Crippen LogP contribution in [0.3, 0.4) is 0 Å². The van der Waals surface area contributed by atoms with Crippen LogP contribution in [0.25, 0.3) is 0 Å². The SMILES string of the molecule is CCCN(C(=O)CCCN)C(C)C. The number of rotatable bonds is 6. The molecule has 0 radical (unpaired) electrons. The van der Waals surface area contributed by atoms with Gasteiger partial charge in [0.1, 0.15) is 0 Å². The quantitative estimate of drug-likeness (QED) is 0.681. The first-order valence-electron chi connectivity index (χ1n) is 5.13. The Bertz CT molecular complexity index is 146. The number of hydrogen-bond acceptors (Lipinski definition) is 2. The van der Waals surface area contributed by atoms with Crippen LogP contribution in [-0.4, -0.2) is 29.9 Å². The van der Waals surface area contributed by atoms with E-state index in [0.29, 0.717) is 19.0 Å². The molecule has 0 spiro atoms. The summed E-state index contributed by atoms with van der Waals surface area (Å²) < 4.78 is 0. The van der Waals surface area contributed by atoms with Crippen LogP contribution < -0.4 is 5.73 Å². The Morgan fingerprint density at radius 1 is 1.46 bits per heavy atom. The van der Waals surface area contributed by atoms with Gasteiger partial charge in [-0.25, -0.2) is 0 Å². The Kier molecular flexibility index (Phi) is 6.59. The van der Waals surface area contributed by atoms with E-state index < -0.39 is 0 Å². The predicted octanol–water partition coefficient (Wildman–Crippen LogP) is 1.37. The lowest BCUT2D eigenvalue weighted by molar-refractivity contribution is -0.133. The second-order valence-corrected chi connectivity index (χ2v) is 3.57. The summed E-state index contributed by atoms with van der Waals surface area (Å²) in [5.74, 6) is 0.238. The smallest absolute Gasteiger partial charge is 0.222 e. The molecule has 3 nitrogen and oxygen atoms in total. The van der Waals surface area contributed by atoms with Gasteiger partial charge in [-0.05, 0) is 33.2 Å². The number of carbonyl (C=O) groups excluding carboxylic acids is 1. The fraction of sp³-hybridized carbons (Fsp3) is 0.900. The highest BCUT2D eigenvalue weighted by Crippen LogP contribution is 2.04. The second-order valence-electron chi connectivity index (χ2n) is 3.57. The normalized spacial score (nSPS) is 10.5. The minimum Gasteiger partial charge on any atom is -0.340 e. The molecule has 0 rings (SSSR count). The van der Waals surface area contributed by atoms with E-state index in [1.807, 2.05) is 4.90 Å². The van der Waals surface area contributed by atoms with Crippen molar-refractivity contribution in [2.45, 2.75) is 46.1 Å². The lowest BCUT2D eigenvalue weighted by Crippen LogP contribution is -2.37. The van der Waals surface area contributed by atoms with Gasteiger partial charge in [0, 0.05) is 19.0 Å². The van der Waals surface area contributed by atoms with E-state index in [9.17, 15) is 4.79 Å². The number of carbonyl (C=O) groups is 1. The first-order valence-corrected chi connectivity index (χ1v) is 5.13. The van der Waals surface area contributed by atoms with E-state index in [1.165, 1.54) is 0 Å². The Balaban J connectivity index is 3.96. The third kappa shape index (κ3) is 4.88. The number of hydrogen-bond donors (Lipinski definition) is 1. The molecule has 78 valence electrons. The Hall–Kier alpha value is -0.570. The standard InChI is InChI=1S/C10H22N2O/c1-4-8-12(9(2)3)10(13)6-5-7-11/h9H,4-8,11H2,1-3H3. The van der Waals surface area contributed by atoms with Crippen molar-refractivity contribution in [1.82, 2.24) is 4.90 Å². The van der Waals surface area contributed by atoms with Gasteiger partial charge in [0.05, 0.1) is 0 Å². The molecule has 2 N–H and O–H groups in total. The molecule has 0 atom stereocenters. The zero-order chi connectivity index (χ0) is 10.3. The molecule has 0 fully saturated rings. The highest BCUT2D eigenvalue weighted by atomic mass is 16.2. The van der Waals surface area contributed by atoms with Gasteiger partial charge in [0.2, 0.25) is 5.91 Å². The van der Waals surface area contributed by atoms with Crippen molar-refractivity contribution in [2.24, 2.45) is 5.73 Å². The summed E-state index contributed by atoms with van der Waals surface area (Å²) in [6.07, 6.45) is 2.41. The summed E-state index contributed by atoms with van der Waals surface area (Å²) in [4.78, 5) is 13.5. The monoisotopic (exact) mass is 186 g/mol. The number of nitrogens with zero attached hydrogens (tertiary/aromatic N) is 1. The first-order chi connectivity index (χ1) is 6.13. The predicted molar refractivity (Wildman–Crippen MR) is 55.4 cm³/mol. The van der Waals surface area contributed by atoms with Crippen LogP contribution in [0.4, 0.5) is 0 Å². The number of amides is 1. The summed E-state index contributed by atoms with van der Waals surface area (Å²) in [5, 5.41) is 0. The average Bonchev–Trinajstić information content (AvgIpc) is 2.09. The summed E-state index contributed by atoms with van der Waals surface area (Å²) in [6.45, 7) is 7.66. The van der Waals surface area contributed by atoms with Crippen molar-refractivity contribution in [3.8, 4) is 0 Å². The summed E-state index contributed by atoms with van der Waals surface area (Å²) >= 11 is 0. The van der Waals surface area contributed by atoms with Crippen molar-refractivity contribution in [1.29, 1.82) is 0 Å². The van der Waals surface area contributed by atoms with Crippen LogP contribution in [0.15, 0.2) is 0 Å². The van der Waals surface area contributed by atoms with Gasteiger partial charge in [-0.2, -0.15) is 0 Å². The van der Waals surface area contributed by atoms with E-state index in [2.05, 4.69) is 20.8 Å². The largest absolute Gasteiger partial charge is 0.340 e. The van der Waals surface area contributed by atoms with Crippen molar-refractivity contribution < 1.29 is 4.79 Å². The fourth-order valence-corrected chi connectivity index (χ4v) is 1.31. The third-order valence-corrected chi connectivity index (χ3v) is 2.00. The molecular formula is C10H22N2O. The van der Waals surface area contributed by atoms with Gasteiger partial charge in [-0.1, -0.05) is 6.92 Å². The van der Waals surface area contributed by atoms with E-state index in [0.717, 1.165) is 19.4 Å². The summed E-state index contributed by atoms with van der Waals surface area (Å²) in [5.41, 5.74) is 5.36. The molecular weight excluding hydrogens is 164 g/mol. The molecule has 0 aromatic heterocycles. The molecule has 0 aromatic carbocycles. The molecule has 3 heteroatoms. The molecule has 0 heterocycles. The maximum atomic E-state index is 11.6. The molecule has 0 saturated heterocycles. The van der Waals surface area contributed by atoms with E-state index in [1.54, 1.807) is 0 Å². The van der Waals surface area contributed by atoms with Crippen LogP contribution in [-0.2, 0) is 4.79 Å². The zero-order valence-electron chi connectivity index (χ0n) is 9.05. The minimum atomic E-state index is 0.238. The van der Waals surface area contributed by atoms with Crippen molar-refractivity contribution in [3.63, 3.8) is 0 Å². The zero-order valence-corrected chi connectivity index (χ0v) is 9.05. The van der Waals surface area contributed by atoms with Crippen LogP contribution in [0.2, 0.25) is 0 Å². The van der Waals surface area contributed by atoms with Gasteiger partial charge >= 0.3 is 0 Å². The molecule has 0 aliphatic carbocycles. The van der Waals surface area contributed by atoms with Crippen LogP contribution in [0.1, 0.15) is 40.0 Å². The maximum absolute atomic E-state index is 11.6. The van der Waals surface area contributed by atoms with Gasteiger partial charge in [0.15, 0.2) is 0 Å². The number of nitrogens with two attached hydrogens (primary N) is 1. The minimum absolute atomic E-state index is 0.238. The van der Waals surface area contributed by atoms with Gasteiger partial charge in [-0.3, -0.25) is 4.79 Å². The Morgan fingerprint density at radius 2 is 2.08 bits per heavy atom. The molecule has 0 aliphatic heterocycles. The van der Waals surface area contributed by atoms with E-state index in [4.69, 9.17) is 5.73 Å². The third-order valence-electron chi connectivity index (χ3n) is 2.00. The summed E-state index contributed by atoms with van der Waals surface area (Å²) in [6, 6.07) is 0.310. The van der Waals surface area contributed by atoms with Gasteiger partial charge < -0.3 is 10.6 Å². The molecule has 0 aromatic rings. The average molecular weight is 186 g/mol. The fourth-order valence-electron chi connectivity index (χ4n) is 1.31. The molecule has 0 aliphatic rings. The molecule has 0 unspecified atom stereocenters. The van der Waals surface area contributed by atoms with Crippen LogP contribution in [0.5, 0.6) is 0 Å². The summed E-state index contributed by atoms with van der Waals surface area (Å²) in [7, 11) is 0.